The van der Waals surface area contributed by atoms with Crippen molar-refractivity contribution in [2.24, 2.45) is 5.92 Å². The zero-order valence-electron chi connectivity index (χ0n) is 9.04. The van der Waals surface area contributed by atoms with Crippen molar-refractivity contribution in [1.29, 1.82) is 0 Å². The molecule has 0 radical (unpaired) electrons. The fourth-order valence-corrected chi connectivity index (χ4v) is 1.22. The number of allylic oxidation sites excluding steroid dienone is 1. The van der Waals surface area contributed by atoms with Crippen molar-refractivity contribution in [3.63, 3.8) is 0 Å². The molecule has 0 saturated heterocycles. The minimum absolute atomic E-state index is 0.143. The molecule has 0 aromatic carbocycles. The number of hydrogen-bond acceptors (Lipinski definition) is 2. The average molecular weight is 212 g/mol. The van der Waals surface area contributed by atoms with E-state index >= 15 is 0 Å². The molecule has 1 fully saturated rings. The van der Waals surface area contributed by atoms with Crippen molar-refractivity contribution in [3.05, 3.63) is 12.3 Å². The third-order valence-electron chi connectivity index (χ3n) is 2.33. The normalized spacial score (nSPS) is 15.5. The van der Waals surface area contributed by atoms with E-state index in [-0.39, 0.29) is 12.6 Å². The zero-order chi connectivity index (χ0) is 10.9. The van der Waals surface area contributed by atoms with Gasteiger partial charge in [0.05, 0.1) is 0 Å². The van der Waals surface area contributed by atoms with E-state index in [1.165, 1.54) is 12.8 Å². The number of nitrogens with one attached hydrogen (secondary N) is 2. The summed E-state index contributed by atoms with van der Waals surface area (Å²) >= 11 is 0. The van der Waals surface area contributed by atoms with E-state index in [9.17, 15) is 4.79 Å². The Morgan fingerprint density at radius 1 is 1.33 bits per heavy atom. The zero-order valence-corrected chi connectivity index (χ0v) is 9.04. The number of unbranched alkanes of at least 4 members (excludes halogenated alkanes) is 2. The van der Waals surface area contributed by atoms with Gasteiger partial charge in [-0.3, -0.25) is 0 Å². The molecule has 1 aliphatic rings. The lowest BCUT2D eigenvalue weighted by Gasteiger charge is -2.03. The summed E-state index contributed by atoms with van der Waals surface area (Å²) in [5.41, 5.74) is 0. The average Bonchev–Trinajstić information content (AvgIpc) is 3.01. The molecule has 0 unspecified atom stereocenters. The maximum Gasteiger partial charge on any atom is 0.318 e. The first-order valence-electron chi connectivity index (χ1n) is 5.65. The van der Waals surface area contributed by atoms with Gasteiger partial charge >= 0.3 is 6.03 Å². The van der Waals surface area contributed by atoms with Gasteiger partial charge in [-0.1, -0.05) is 6.08 Å². The van der Waals surface area contributed by atoms with Gasteiger partial charge in [-0.05, 0) is 38.0 Å². The molecule has 1 rings (SSSR count). The summed E-state index contributed by atoms with van der Waals surface area (Å²) in [6, 6.07) is -0.143. The summed E-state index contributed by atoms with van der Waals surface area (Å²) in [6.45, 7) is 0.902. The summed E-state index contributed by atoms with van der Waals surface area (Å²) in [7, 11) is 0. The quantitative estimate of drug-likeness (QED) is 0.558. The molecule has 3 N–H and O–H groups in total. The summed E-state index contributed by atoms with van der Waals surface area (Å²) < 4.78 is 0. The molecule has 15 heavy (non-hydrogen) atoms. The molecule has 0 spiro atoms. The second-order valence-corrected chi connectivity index (χ2v) is 3.88. The number of aliphatic hydroxyl groups is 1. The third-order valence-corrected chi connectivity index (χ3v) is 2.33. The number of rotatable bonds is 7. The van der Waals surface area contributed by atoms with Crippen LogP contribution in [0.15, 0.2) is 12.3 Å². The maximum absolute atomic E-state index is 11.2. The predicted molar refractivity (Wildman–Crippen MR) is 59.3 cm³/mol. The van der Waals surface area contributed by atoms with E-state index in [1.807, 2.05) is 6.08 Å². The van der Waals surface area contributed by atoms with Crippen LogP contribution < -0.4 is 10.6 Å². The first-order chi connectivity index (χ1) is 7.33. The highest BCUT2D eigenvalue weighted by atomic mass is 16.2. The van der Waals surface area contributed by atoms with Gasteiger partial charge in [0.25, 0.3) is 0 Å². The van der Waals surface area contributed by atoms with Crippen LogP contribution in [-0.2, 0) is 0 Å². The smallest absolute Gasteiger partial charge is 0.318 e. The minimum atomic E-state index is -0.143. The maximum atomic E-state index is 11.2. The second-order valence-electron chi connectivity index (χ2n) is 3.88. The number of aliphatic hydroxyl groups excluding tert-OH is 1. The molecule has 1 saturated carbocycles. The van der Waals surface area contributed by atoms with Crippen LogP contribution in [0.1, 0.15) is 32.1 Å². The third kappa shape index (κ3) is 6.96. The number of amides is 2. The van der Waals surface area contributed by atoms with E-state index in [4.69, 9.17) is 5.11 Å². The molecule has 2 amide bonds. The van der Waals surface area contributed by atoms with E-state index in [1.54, 1.807) is 6.20 Å². The van der Waals surface area contributed by atoms with Crippen molar-refractivity contribution < 1.29 is 9.90 Å². The topological polar surface area (TPSA) is 61.4 Å². The van der Waals surface area contributed by atoms with Gasteiger partial charge in [0.1, 0.15) is 0 Å². The van der Waals surface area contributed by atoms with Crippen LogP contribution in [-0.4, -0.2) is 24.3 Å². The Morgan fingerprint density at radius 3 is 2.80 bits per heavy atom. The van der Waals surface area contributed by atoms with Crippen LogP contribution in [0.2, 0.25) is 0 Å². The number of hydrogen-bond donors (Lipinski definition) is 3. The van der Waals surface area contributed by atoms with Gasteiger partial charge in [-0.25, -0.2) is 4.79 Å². The van der Waals surface area contributed by atoms with E-state index in [0.717, 1.165) is 19.3 Å². The highest BCUT2D eigenvalue weighted by molar-refractivity contribution is 5.74. The van der Waals surface area contributed by atoms with E-state index in [2.05, 4.69) is 10.6 Å². The fourth-order valence-electron chi connectivity index (χ4n) is 1.22. The van der Waals surface area contributed by atoms with Gasteiger partial charge in [-0.15, -0.1) is 0 Å². The van der Waals surface area contributed by atoms with Crippen LogP contribution in [0.3, 0.4) is 0 Å². The van der Waals surface area contributed by atoms with E-state index in [0.29, 0.717) is 12.5 Å². The van der Waals surface area contributed by atoms with Gasteiger partial charge in [0.2, 0.25) is 0 Å². The van der Waals surface area contributed by atoms with Crippen molar-refractivity contribution >= 4 is 6.03 Å². The Kier molecular flexibility index (Phi) is 5.85. The van der Waals surface area contributed by atoms with Crippen LogP contribution in [0, 0.1) is 5.92 Å². The van der Waals surface area contributed by atoms with Gasteiger partial charge in [0, 0.05) is 19.4 Å². The number of carbonyl (C=O) groups excluding carboxylic acids is 1. The Bertz CT molecular complexity index is 213. The van der Waals surface area contributed by atoms with Gasteiger partial charge in [-0.2, -0.15) is 0 Å². The van der Waals surface area contributed by atoms with Crippen molar-refractivity contribution in [3.8, 4) is 0 Å². The molecular formula is C11H20N2O2. The molecule has 0 heterocycles. The largest absolute Gasteiger partial charge is 0.396 e. The molecular weight excluding hydrogens is 192 g/mol. The molecule has 4 nitrogen and oxygen atoms in total. The van der Waals surface area contributed by atoms with Crippen LogP contribution in [0.25, 0.3) is 0 Å². The van der Waals surface area contributed by atoms with E-state index < -0.39 is 0 Å². The standard InChI is InChI=1S/C11H20N2O2/c14-9-3-1-2-7-12-11(15)13-8-6-10-4-5-10/h6,8,10,14H,1-5,7,9H2,(H2,12,13,15)/b8-6+. The minimum Gasteiger partial charge on any atom is -0.396 e. The highest BCUT2D eigenvalue weighted by Gasteiger charge is 2.16. The van der Waals surface area contributed by atoms with Crippen LogP contribution in [0.4, 0.5) is 4.79 Å². The molecule has 1 aliphatic carbocycles. The summed E-state index contributed by atoms with van der Waals surface area (Å²) in [6.07, 6.45) is 8.94. The summed E-state index contributed by atoms with van der Waals surface area (Å²) in [5.74, 6) is 0.690. The second kappa shape index (κ2) is 7.29. The first-order valence-corrected chi connectivity index (χ1v) is 5.65. The lowest BCUT2D eigenvalue weighted by molar-refractivity contribution is 0.243. The highest BCUT2D eigenvalue weighted by Crippen LogP contribution is 2.29. The Labute approximate surface area is 90.7 Å². The fraction of sp³-hybridized carbons (Fsp3) is 0.727. The number of carbonyl (C=O) groups is 1. The molecule has 0 aromatic rings. The van der Waals surface area contributed by atoms with Crippen LogP contribution in [0.5, 0.6) is 0 Å². The molecule has 4 heteroatoms. The first kappa shape index (κ1) is 12.0. The molecule has 0 bridgehead atoms. The molecule has 0 aliphatic heterocycles. The van der Waals surface area contributed by atoms with Gasteiger partial charge < -0.3 is 15.7 Å². The summed E-state index contributed by atoms with van der Waals surface area (Å²) in [5, 5.41) is 14.0. The van der Waals surface area contributed by atoms with Gasteiger partial charge in [0.15, 0.2) is 0 Å². The SMILES string of the molecule is O=C(N/C=C/C1CC1)NCCCCCO. The lowest BCUT2D eigenvalue weighted by atomic mass is 10.2. The molecule has 0 aromatic heterocycles. The number of urea groups is 1. The lowest BCUT2D eigenvalue weighted by Crippen LogP contribution is -2.32. The Morgan fingerprint density at radius 2 is 2.13 bits per heavy atom. The predicted octanol–water partition coefficient (Wildman–Crippen LogP) is 1.37. The monoisotopic (exact) mass is 212 g/mol. The summed E-state index contributed by atoms with van der Waals surface area (Å²) in [4.78, 5) is 11.2. The Balaban J connectivity index is 1.88. The van der Waals surface area contributed by atoms with Crippen LogP contribution >= 0.6 is 0 Å². The molecule has 86 valence electrons. The van der Waals surface area contributed by atoms with Crippen molar-refractivity contribution in [2.45, 2.75) is 32.1 Å². The molecule has 0 atom stereocenters. The van der Waals surface area contributed by atoms with Crippen molar-refractivity contribution in [2.75, 3.05) is 13.2 Å². The van der Waals surface area contributed by atoms with Crippen molar-refractivity contribution in [1.82, 2.24) is 10.6 Å². The Hall–Kier alpha value is -1.03.